The third-order valence-corrected chi connectivity index (χ3v) is 3.50. The molecule has 1 aromatic heterocycles. The second kappa shape index (κ2) is 6.93. The molecule has 104 valence electrons. The molecule has 0 amide bonds. The third kappa shape index (κ3) is 4.81. The molecule has 0 radical (unpaired) electrons. The molecule has 18 heavy (non-hydrogen) atoms. The summed E-state index contributed by atoms with van der Waals surface area (Å²) in [5, 5.41) is 3.68. The summed E-state index contributed by atoms with van der Waals surface area (Å²) in [6.45, 7) is 10.3. The van der Waals surface area contributed by atoms with Gasteiger partial charge in [-0.1, -0.05) is 27.7 Å². The normalized spacial score (nSPS) is 13.8. The zero-order chi connectivity index (χ0) is 13.6. The van der Waals surface area contributed by atoms with Crippen LogP contribution in [0.3, 0.4) is 0 Å². The van der Waals surface area contributed by atoms with Gasteiger partial charge in [0.05, 0.1) is 0 Å². The first-order valence-electron chi connectivity index (χ1n) is 7.14. The Morgan fingerprint density at radius 1 is 1.39 bits per heavy atom. The predicted octanol–water partition coefficient (Wildman–Crippen LogP) is 3.16. The molecule has 3 nitrogen and oxygen atoms in total. The van der Waals surface area contributed by atoms with Crippen LogP contribution >= 0.6 is 0 Å². The van der Waals surface area contributed by atoms with Crippen molar-refractivity contribution < 1.29 is 0 Å². The van der Waals surface area contributed by atoms with Gasteiger partial charge in [-0.25, -0.2) is 4.98 Å². The van der Waals surface area contributed by atoms with E-state index in [1.54, 1.807) is 0 Å². The van der Waals surface area contributed by atoms with Crippen LogP contribution in [0.2, 0.25) is 0 Å². The molecule has 3 heteroatoms. The van der Waals surface area contributed by atoms with Crippen LogP contribution in [0.4, 0.5) is 0 Å². The summed E-state index contributed by atoms with van der Waals surface area (Å²) in [6.07, 6.45) is 8.59. The van der Waals surface area contributed by atoms with Crippen molar-refractivity contribution in [2.24, 2.45) is 12.5 Å². The highest BCUT2D eigenvalue weighted by Gasteiger charge is 2.23. The van der Waals surface area contributed by atoms with Gasteiger partial charge in [0.25, 0.3) is 0 Å². The molecule has 1 unspecified atom stereocenters. The fourth-order valence-corrected chi connectivity index (χ4v) is 2.26. The lowest BCUT2D eigenvalue weighted by molar-refractivity contribution is 0.251. The molecule has 0 aliphatic rings. The van der Waals surface area contributed by atoms with Crippen LogP contribution in [0.15, 0.2) is 12.4 Å². The SMILES string of the molecule is CCCNC(CCCc1nccn1C)C(C)(C)C. The average molecular weight is 251 g/mol. The first-order chi connectivity index (χ1) is 8.45. The largest absolute Gasteiger partial charge is 0.338 e. The highest BCUT2D eigenvalue weighted by atomic mass is 15.0. The number of aryl methyl sites for hydroxylation is 2. The fraction of sp³-hybridized carbons (Fsp3) is 0.800. The van der Waals surface area contributed by atoms with Crippen molar-refractivity contribution in [3.05, 3.63) is 18.2 Å². The molecule has 0 saturated heterocycles. The molecule has 0 aliphatic carbocycles. The maximum Gasteiger partial charge on any atom is 0.108 e. The van der Waals surface area contributed by atoms with E-state index in [-0.39, 0.29) is 0 Å². The predicted molar refractivity (Wildman–Crippen MR) is 77.7 cm³/mol. The van der Waals surface area contributed by atoms with Crippen LogP contribution in [-0.4, -0.2) is 22.1 Å². The quantitative estimate of drug-likeness (QED) is 0.806. The highest BCUT2D eigenvalue weighted by Crippen LogP contribution is 2.23. The van der Waals surface area contributed by atoms with Gasteiger partial charge in [0.1, 0.15) is 5.82 Å². The lowest BCUT2D eigenvalue weighted by Gasteiger charge is -2.31. The van der Waals surface area contributed by atoms with Crippen molar-refractivity contribution in [3.8, 4) is 0 Å². The number of hydrogen-bond acceptors (Lipinski definition) is 2. The van der Waals surface area contributed by atoms with Crippen molar-refractivity contribution in [2.75, 3.05) is 6.54 Å². The molecule has 1 aromatic rings. The van der Waals surface area contributed by atoms with E-state index in [9.17, 15) is 0 Å². The van der Waals surface area contributed by atoms with E-state index in [4.69, 9.17) is 0 Å². The number of nitrogens with one attached hydrogen (secondary N) is 1. The zero-order valence-corrected chi connectivity index (χ0v) is 12.7. The van der Waals surface area contributed by atoms with Crippen molar-refractivity contribution in [2.45, 2.75) is 59.4 Å². The maximum absolute atomic E-state index is 4.38. The standard InChI is InChI=1S/C15H29N3/c1-6-10-16-13(15(2,3)4)8-7-9-14-17-11-12-18(14)5/h11-13,16H,6-10H2,1-5H3. The van der Waals surface area contributed by atoms with Gasteiger partial charge >= 0.3 is 0 Å². The number of imidazole rings is 1. The Morgan fingerprint density at radius 3 is 2.61 bits per heavy atom. The van der Waals surface area contributed by atoms with Gasteiger partial charge < -0.3 is 9.88 Å². The van der Waals surface area contributed by atoms with Crippen LogP contribution in [0, 0.1) is 5.41 Å². The number of nitrogens with zero attached hydrogens (tertiary/aromatic N) is 2. The van der Waals surface area contributed by atoms with E-state index < -0.39 is 0 Å². The summed E-state index contributed by atoms with van der Waals surface area (Å²) in [5.74, 6) is 1.19. The van der Waals surface area contributed by atoms with Crippen LogP contribution in [-0.2, 0) is 13.5 Å². The number of hydrogen-bond donors (Lipinski definition) is 1. The Bertz CT molecular complexity index is 336. The van der Waals surface area contributed by atoms with E-state index in [1.165, 1.54) is 25.1 Å². The van der Waals surface area contributed by atoms with Crippen molar-refractivity contribution in [1.82, 2.24) is 14.9 Å². The van der Waals surface area contributed by atoms with E-state index >= 15 is 0 Å². The maximum atomic E-state index is 4.38. The van der Waals surface area contributed by atoms with Gasteiger partial charge in [-0.2, -0.15) is 0 Å². The Morgan fingerprint density at radius 2 is 2.11 bits per heavy atom. The Balaban J connectivity index is 2.40. The van der Waals surface area contributed by atoms with Crippen LogP contribution < -0.4 is 5.32 Å². The van der Waals surface area contributed by atoms with E-state index in [0.29, 0.717) is 11.5 Å². The summed E-state index contributed by atoms with van der Waals surface area (Å²) >= 11 is 0. The van der Waals surface area contributed by atoms with E-state index in [1.807, 2.05) is 12.4 Å². The topological polar surface area (TPSA) is 29.9 Å². The van der Waals surface area contributed by atoms with Gasteiger partial charge in [-0.05, 0) is 31.2 Å². The first kappa shape index (κ1) is 15.2. The minimum absolute atomic E-state index is 0.330. The first-order valence-corrected chi connectivity index (χ1v) is 7.14. The van der Waals surface area contributed by atoms with Gasteiger partial charge in [-0.15, -0.1) is 0 Å². The number of rotatable bonds is 7. The van der Waals surface area contributed by atoms with Crippen molar-refractivity contribution in [3.63, 3.8) is 0 Å². The average Bonchev–Trinajstić information content (AvgIpc) is 2.67. The molecule has 1 atom stereocenters. The minimum atomic E-state index is 0.330. The van der Waals surface area contributed by atoms with Crippen LogP contribution in [0.25, 0.3) is 0 Å². The Labute approximate surface area is 112 Å². The van der Waals surface area contributed by atoms with Gasteiger partial charge in [0.2, 0.25) is 0 Å². The van der Waals surface area contributed by atoms with Crippen molar-refractivity contribution >= 4 is 0 Å². The molecule has 1 rings (SSSR count). The second-order valence-corrected chi connectivity index (χ2v) is 6.22. The molecule has 1 N–H and O–H groups in total. The number of aromatic nitrogens is 2. The Hall–Kier alpha value is -0.830. The summed E-state index contributed by atoms with van der Waals surface area (Å²) in [7, 11) is 2.07. The zero-order valence-electron chi connectivity index (χ0n) is 12.7. The summed E-state index contributed by atoms with van der Waals surface area (Å²) in [4.78, 5) is 4.38. The molecule has 0 fully saturated rings. The van der Waals surface area contributed by atoms with Gasteiger partial charge in [-0.3, -0.25) is 0 Å². The van der Waals surface area contributed by atoms with Gasteiger partial charge in [0, 0.05) is 31.9 Å². The van der Waals surface area contributed by atoms with Gasteiger partial charge in [0.15, 0.2) is 0 Å². The lowest BCUT2D eigenvalue weighted by atomic mass is 9.83. The molecular formula is C15H29N3. The summed E-state index contributed by atoms with van der Waals surface area (Å²) in [6, 6.07) is 0.595. The smallest absolute Gasteiger partial charge is 0.108 e. The van der Waals surface area contributed by atoms with Crippen molar-refractivity contribution in [1.29, 1.82) is 0 Å². The Kier molecular flexibility index (Phi) is 5.86. The fourth-order valence-electron chi connectivity index (χ4n) is 2.26. The van der Waals surface area contributed by atoms with Crippen LogP contribution in [0.5, 0.6) is 0 Å². The minimum Gasteiger partial charge on any atom is -0.338 e. The molecular weight excluding hydrogens is 222 g/mol. The molecule has 0 bridgehead atoms. The monoisotopic (exact) mass is 251 g/mol. The molecule has 0 aromatic carbocycles. The van der Waals surface area contributed by atoms with E-state index in [0.717, 1.165) is 13.0 Å². The molecule has 0 spiro atoms. The molecule has 1 heterocycles. The molecule has 0 saturated carbocycles. The summed E-state index contributed by atoms with van der Waals surface area (Å²) < 4.78 is 2.12. The van der Waals surface area contributed by atoms with E-state index in [2.05, 4.69) is 49.6 Å². The molecule has 0 aliphatic heterocycles. The highest BCUT2D eigenvalue weighted by molar-refractivity contribution is 4.91. The lowest BCUT2D eigenvalue weighted by Crippen LogP contribution is -2.40. The second-order valence-electron chi connectivity index (χ2n) is 6.22. The third-order valence-electron chi connectivity index (χ3n) is 3.50. The van der Waals surface area contributed by atoms with Crippen LogP contribution in [0.1, 0.15) is 52.8 Å². The summed E-state index contributed by atoms with van der Waals surface area (Å²) in [5.41, 5.74) is 0.330.